The molecule has 0 fully saturated rings. The van der Waals surface area contributed by atoms with Crippen LogP contribution in [0.2, 0.25) is 0 Å². The molecule has 0 bridgehead atoms. The van der Waals surface area contributed by atoms with Gasteiger partial charge in [0.2, 0.25) is 0 Å². The van der Waals surface area contributed by atoms with E-state index in [1.807, 2.05) is 0 Å². The first-order chi connectivity index (χ1) is 9.99. The van der Waals surface area contributed by atoms with Crippen LogP contribution in [0, 0.1) is 21.4 Å². The number of carboxylic acids is 1. The van der Waals surface area contributed by atoms with Crippen molar-refractivity contribution in [2.75, 3.05) is 0 Å². The Kier molecular flexibility index (Phi) is 4.46. The number of nitro groups is 1. The molecule has 0 atom stereocenters. The minimum absolute atomic E-state index is 0.0942. The second kappa shape index (κ2) is 6.29. The minimum atomic E-state index is -1.00. The van der Waals surface area contributed by atoms with Gasteiger partial charge in [-0.1, -0.05) is 0 Å². The third kappa shape index (κ3) is 3.74. The SMILES string of the molecule is N#Cc1cnc(Sc2nc(CC(=O)O)cs2)c([N+](=O)[O-])c1. The Morgan fingerprint density at radius 3 is 3.00 bits per heavy atom. The van der Waals surface area contributed by atoms with Gasteiger partial charge >= 0.3 is 11.7 Å². The highest BCUT2D eigenvalue weighted by Crippen LogP contribution is 2.35. The summed E-state index contributed by atoms with van der Waals surface area (Å²) in [6.45, 7) is 0. The second-order valence-corrected chi connectivity index (χ2v) is 5.79. The molecule has 0 amide bonds. The average molecular weight is 322 g/mol. The molecule has 0 saturated heterocycles. The molecular formula is C11H6N4O4S2. The van der Waals surface area contributed by atoms with E-state index in [0.29, 0.717) is 10.0 Å². The summed E-state index contributed by atoms with van der Waals surface area (Å²) in [6.07, 6.45) is 1.03. The van der Waals surface area contributed by atoms with Crippen LogP contribution in [0.5, 0.6) is 0 Å². The van der Waals surface area contributed by atoms with Crippen LogP contribution in [0.15, 0.2) is 27.0 Å². The van der Waals surface area contributed by atoms with Gasteiger partial charge in [-0.3, -0.25) is 14.9 Å². The van der Waals surface area contributed by atoms with Crippen molar-refractivity contribution in [3.8, 4) is 6.07 Å². The molecule has 8 nitrogen and oxygen atoms in total. The Bertz CT molecular complexity index is 753. The maximum Gasteiger partial charge on any atom is 0.309 e. The van der Waals surface area contributed by atoms with Crippen molar-refractivity contribution in [3.05, 3.63) is 39.0 Å². The van der Waals surface area contributed by atoms with E-state index >= 15 is 0 Å². The highest BCUT2D eigenvalue weighted by molar-refractivity contribution is 8.01. The number of nitrogens with zero attached hydrogens (tertiary/aromatic N) is 4. The Labute approximate surface area is 126 Å². The molecule has 0 unspecified atom stereocenters. The first kappa shape index (κ1) is 14.9. The van der Waals surface area contributed by atoms with Crippen molar-refractivity contribution >= 4 is 34.8 Å². The Hall–Kier alpha value is -2.51. The van der Waals surface area contributed by atoms with E-state index in [4.69, 9.17) is 10.4 Å². The van der Waals surface area contributed by atoms with Gasteiger partial charge in [-0.05, 0) is 11.8 Å². The van der Waals surface area contributed by atoms with Crippen LogP contribution in [-0.2, 0) is 11.2 Å². The molecule has 2 aromatic rings. The lowest BCUT2D eigenvalue weighted by Gasteiger charge is -1.99. The van der Waals surface area contributed by atoms with Gasteiger partial charge in [-0.15, -0.1) is 11.3 Å². The van der Waals surface area contributed by atoms with Crippen LogP contribution < -0.4 is 0 Å². The van der Waals surface area contributed by atoms with Gasteiger partial charge in [0.25, 0.3) is 0 Å². The van der Waals surface area contributed by atoms with Gasteiger partial charge in [0, 0.05) is 17.6 Å². The number of nitriles is 1. The monoisotopic (exact) mass is 322 g/mol. The van der Waals surface area contributed by atoms with Crippen molar-refractivity contribution in [2.24, 2.45) is 0 Å². The maximum atomic E-state index is 11.0. The van der Waals surface area contributed by atoms with E-state index in [2.05, 4.69) is 9.97 Å². The zero-order valence-corrected chi connectivity index (χ0v) is 11.8. The third-order valence-corrected chi connectivity index (χ3v) is 4.20. The Morgan fingerprint density at radius 2 is 2.38 bits per heavy atom. The highest BCUT2D eigenvalue weighted by atomic mass is 32.2. The molecule has 0 aliphatic rings. The minimum Gasteiger partial charge on any atom is -0.481 e. The van der Waals surface area contributed by atoms with Crippen LogP contribution in [0.3, 0.4) is 0 Å². The number of aliphatic carboxylic acids is 1. The number of thiazole rings is 1. The fourth-order valence-electron chi connectivity index (χ4n) is 1.37. The number of hydrogen-bond acceptors (Lipinski definition) is 8. The third-order valence-electron chi connectivity index (χ3n) is 2.21. The molecule has 2 rings (SSSR count). The molecular weight excluding hydrogens is 316 g/mol. The lowest BCUT2D eigenvalue weighted by molar-refractivity contribution is -0.388. The van der Waals surface area contributed by atoms with E-state index in [1.165, 1.54) is 17.5 Å². The van der Waals surface area contributed by atoms with E-state index in [0.717, 1.165) is 17.8 Å². The first-order valence-electron chi connectivity index (χ1n) is 5.38. The van der Waals surface area contributed by atoms with Gasteiger partial charge in [0.15, 0.2) is 9.37 Å². The molecule has 2 heterocycles. The highest BCUT2D eigenvalue weighted by Gasteiger charge is 2.19. The van der Waals surface area contributed by atoms with Crippen LogP contribution in [0.4, 0.5) is 5.69 Å². The molecule has 0 spiro atoms. The topological polar surface area (TPSA) is 130 Å². The summed E-state index contributed by atoms with van der Waals surface area (Å²) in [5.74, 6) is -1.00. The standard InChI is InChI=1S/C11H6N4O4S2/c12-3-6-1-8(15(18)19)10(13-4-6)21-11-14-7(5-20-11)2-9(16)17/h1,4-5H,2H2,(H,16,17). The summed E-state index contributed by atoms with van der Waals surface area (Å²) >= 11 is 2.14. The summed E-state index contributed by atoms with van der Waals surface area (Å²) in [5, 5.41) is 30.1. The number of aromatic nitrogens is 2. The molecule has 21 heavy (non-hydrogen) atoms. The van der Waals surface area contributed by atoms with Crippen molar-refractivity contribution in [3.63, 3.8) is 0 Å². The lowest BCUT2D eigenvalue weighted by Crippen LogP contribution is -1.99. The summed E-state index contributed by atoms with van der Waals surface area (Å²) in [4.78, 5) is 28.9. The molecule has 10 heteroatoms. The second-order valence-electron chi connectivity index (χ2n) is 3.69. The molecule has 0 radical (unpaired) electrons. The Morgan fingerprint density at radius 1 is 1.62 bits per heavy atom. The molecule has 1 N–H and O–H groups in total. The largest absolute Gasteiger partial charge is 0.481 e. The normalized spacial score (nSPS) is 10.0. The predicted molar refractivity (Wildman–Crippen MR) is 73.2 cm³/mol. The quantitative estimate of drug-likeness (QED) is 0.654. The average Bonchev–Trinajstić information content (AvgIpc) is 2.85. The lowest BCUT2D eigenvalue weighted by atomic mass is 10.3. The fraction of sp³-hybridized carbons (Fsp3) is 0.0909. The van der Waals surface area contributed by atoms with E-state index in [9.17, 15) is 14.9 Å². The zero-order valence-electron chi connectivity index (χ0n) is 10.2. The van der Waals surface area contributed by atoms with Gasteiger partial charge in [-0.25, -0.2) is 9.97 Å². The van der Waals surface area contributed by atoms with Crippen LogP contribution in [0.1, 0.15) is 11.3 Å². The number of rotatable bonds is 5. The van der Waals surface area contributed by atoms with Crippen molar-refractivity contribution in [1.29, 1.82) is 5.26 Å². The zero-order chi connectivity index (χ0) is 15.4. The van der Waals surface area contributed by atoms with Gasteiger partial charge in [-0.2, -0.15) is 5.26 Å². The smallest absolute Gasteiger partial charge is 0.309 e. The number of pyridine rings is 1. The van der Waals surface area contributed by atoms with Crippen molar-refractivity contribution in [1.82, 2.24) is 9.97 Å². The molecule has 0 aromatic carbocycles. The van der Waals surface area contributed by atoms with Crippen LogP contribution in [-0.4, -0.2) is 26.0 Å². The summed E-state index contributed by atoms with van der Waals surface area (Å²) in [6, 6.07) is 2.92. The number of hydrogen-bond donors (Lipinski definition) is 1. The molecule has 106 valence electrons. The number of carboxylic acid groups (broad SMARTS) is 1. The fourth-order valence-corrected chi connectivity index (χ4v) is 3.15. The van der Waals surface area contributed by atoms with Crippen LogP contribution in [0.25, 0.3) is 0 Å². The van der Waals surface area contributed by atoms with E-state index in [-0.39, 0.29) is 22.7 Å². The predicted octanol–water partition coefficient (Wildman–Crippen LogP) is 2.10. The number of carbonyl (C=O) groups is 1. The van der Waals surface area contributed by atoms with Crippen molar-refractivity contribution in [2.45, 2.75) is 15.8 Å². The van der Waals surface area contributed by atoms with Crippen LogP contribution >= 0.6 is 23.1 Å². The first-order valence-corrected chi connectivity index (χ1v) is 7.08. The van der Waals surface area contributed by atoms with Crippen molar-refractivity contribution < 1.29 is 14.8 Å². The molecule has 0 aliphatic carbocycles. The maximum absolute atomic E-state index is 11.0. The van der Waals surface area contributed by atoms with Gasteiger partial charge < -0.3 is 5.11 Å². The van der Waals surface area contributed by atoms with E-state index < -0.39 is 10.9 Å². The Balaban J connectivity index is 2.27. The molecule has 0 saturated carbocycles. The summed E-state index contributed by atoms with van der Waals surface area (Å²) in [7, 11) is 0. The molecule has 2 aromatic heterocycles. The van der Waals surface area contributed by atoms with Gasteiger partial charge in [0.1, 0.15) is 6.07 Å². The van der Waals surface area contributed by atoms with Gasteiger partial charge in [0.05, 0.1) is 22.6 Å². The summed E-state index contributed by atoms with van der Waals surface area (Å²) < 4.78 is 0.451. The van der Waals surface area contributed by atoms with E-state index in [1.54, 1.807) is 11.4 Å². The summed E-state index contributed by atoms with van der Waals surface area (Å²) in [5.41, 5.74) is 0.192. The molecule has 0 aliphatic heterocycles.